The first-order chi connectivity index (χ1) is 20.5. The number of hydrogen-bond acceptors (Lipinski definition) is 7. The Bertz CT molecular complexity index is 1280. The van der Waals surface area contributed by atoms with E-state index in [4.69, 9.17) is 18.9 Å². The molecule has 6 rings (SSSR count). The number of carbonyl (C=O) groups excluding carboxylic acids is 1. The summed E-state index contributed by atoms with van der Waals surface area (Å²) in [5.74, 6) is 2.64. The summed E-state index contributed by atoms with van der Waals surface area (Å²) in [6, 6.07) is 31.1. The SMILES string of the molecule is COc1ccc([C@H]2N[C@@H](c3ccc(OC)cc3)C3C(=O)C2[C@@H](c2ccc(OC)cc2)N[C@H]3c2ccc(OC)cc2)cc1. The van der Waals surface area contributed by atoms with E-state index < -0.39 is 0 Å². The monoisotopic (exact) mass is 564 g/mol. The van der Waals surface area contributed by atoms with Gasteiger partial charge >= 0.3 is 0 Å². The lowest BCUT2D eigenvalue weighted by Crippen LogP contribution is -2.60. The Hall–Kier alpha value is -4.33. The largest absolute Gasteiger partial charge is 0.497 e. The number of hydrogen-bond donors (Lipinski definition) is 2. The van der Waals surface area contributed by atoms with Gasteiger partial charge in [0, 0.05) is 24.2 Å². The predicted molar refractivity (Wildman–Crippen MR) is 161 cm³/mol. The molecule has 0 radical (unpaired) electrons. The normalized spacial score (nSPS) is 25.0. The highest BCUT2D eigenvalue weighted by Gasteiger charge is 2.55. The van der Waals surface area contributed by atoms with Crippen molar-refractivity contribution in [1.82, 2.24) is 10.6 Å². The number of nitrogens with one attached hydrogen (secondary N) is 2. The van der Waals surface area contributed by atoms with Crippen LogP contribution in [0.15, 0.2) is 97.1 Å². The van der Waals surface area contributed by atoms with Crippen LogP contribution < -0.4 is 29.6 Å². The lowest BCUT2D eigenvalue weighted by Gasteiger charge is -2.52. The number of carbonyl (C=O) groups is 1. The molecule has 0 amide bonds. The number of fused-ring (bicyclic) bond motifs is 2. The molecule has 2 saturated heterocycles. The highest BCUT2D eigenvalue weighted by molar-refractivity contribution is 5.89. The van der Waals surface area contributed by atoms with Gasteiger partial charge in [-0.25, -0.2) is 0 Å². The van der Waals surface area contributed by atoms with Crippen LogP contribution in [0.4, 0.5) is 0 Å². The number of Topliss-reactive ketones (excluding diaryl/α,β-unsaturated/α-hetero) is 1. The van der Waals surface area contributed by atoms with Crippen molar-refractivity contribution in [3.63, 3.8) is 0 Å². The van der Waals surface area contributed by atoms with Crippen LogP contribution in [-0.2, 0) is 4.79 Å². The van der Waals surface area contributed by atoms with Gasteiger partial charge in [-0.15, -0.1) is 0 Å². The second kappa shape index (κ2) is 11.9. The molecule has 0 aromatic heterocycles. The van der Waals surface area contributed by atoms with Gasteiger partial charge in [-0.2, -0.15) is 0 Å². The maximum absolute atomic E-state index is 14.9. The Morgan fingerprint density at radius 1 is 0.405 bits per heavy atom. The molecule has 2 bridgehead atoms. The summed E-state index contributed by atoms with van der Waals surface area (Å²) in [6.45, 7) is 0. The molecule has 4 atom stereocenters. The van der Waals surface area contributed by atoms with E-state index >= 15 is 0 Å². The van der Waals surface area contributed by atoms with Gasteiger partial charge in [-0.1, -0.05) is 48.5 Å². The van der Waals surface area contributed by atoms with Crippen molar-refractivity contribution in [2.24, 2.45) is 11.8 Å². The fourth-order valence-electron chi connectivity index (χ4n) is 6.52. The Kier molecular flexibility index (Phi) is 7.87. The smallest absolute Gasteiger partial charge is 0.146 e. The van der Waals surface area contributed by atoms with Gasteiger partial charge in [0.25, 0.3) is 0 Å². The molecular formula is C35H36N2O5. The molecule has 7 nitrogen and oxygen atoms in total. The fraction of sp³-hybridized carbons (Fsp3) is 0.286. The molecule has 2 aliphatic heterocycles. The molecule has 2 aliphatic rings. The Labute approximate surface area is 246 Å². The Balaban J connectivity index is 1.49. The first-order valence-electron chi connectivity index (χ1n) is 14.2. The zero-order valence-electron chi connectivity index (χ0n) is 24.2. The standard InChI is InChI=1S/C35H36N2O5/c1-39-25-13-5-21(6-14-25)31-29-32(22-7-15-26(40-2)16-8-22)37-34(24-11-19-28(42-4)20-12-24)30(35(29)38)33(36-31)23-9-17-27(41-3)18-10-23/h5-20,29-34,36-37H,1-4H3/t29?,30?,31-,32-,33+,34+. The van der Waals surface area contributed by atoms with E-state index in [1.807, 2.05) is 48.5 Å². The minimum atomic E-state index is -0.346. The molecule has 2 fully saturated rings. The van der Waals surface area contributed by atoms with Gasteiger partial charge in [0.2, 0.25) is 0 Å². The summed E-state index contributed by atoms with van der Waals surface area (Å²) in [5.41, 5.74) is 4.15. The third-order valence-corrected chi connectivity index (χ3v) is 8.71. The average Bonchev–Trinajstić information content (AvgIpc) is 3.05. The lowest BCUT2D eigenvalue weighted by molar-refractivity contribution is -0.139. The maximum atomic E-state index is 14.9. The van der Waals surface area contributed by atoms with Gasteiger partial charge in [-0.3, -0.25) is 4.79 Å². The zero-order chi connectivity index (χ0) is 29.2. The van der Waals surface area contributed by atoms with Gasteiger partial charge in [0.1, 0.15) is 28.8 Å². The van der Waals surface area contributed by atoms with Crippen molar-refractivity contribution in [3.05, 3.63) is 119 Å². The summed E-state index contributed by atoms with van der Waals surface area (Å²) in [4.78, 5) is 14.9. The van der Waals surface area contributed by atoms with Crippen LogP contribution in [0.3, 0.4) is 0 Å². The summed E-state index contributed by atoms with van der Waals surface area (Å²) < 4.78 is 21.7. The molecule has 7 heteroatoms. The number of ether oxygens (including phenoxy) is 4. The summed E-state index contributed by atoms with van der Waals surface area (Å²) >= 11 is 0. The number of rotatable bonds is 8. The molecule has 216 valence electrons. The quantitative estimate of drug-likeness (QED) is 0.272. The number of ketones is 1. The van der Waals surface area contributed by atoms with Crippen molar-refractivity contribution >= 4 is 5.78 Å². The van der Waals surface area contributed by atoms with Crippen LogP contribution in [0.5, 0.6) is 23.0 Å². The Morgan fingerprint density at radius 2 is 0.619 bits per heavy atom. The van der Waals surface area contributed by atoms with E-state index in [0.717, 1.165) is 45.3 Å². The van der Waals surface area contributed by atoms with Crippen LogP contribution in [0.1, 0.15) is 46.4 Å². The van der Waals surface area contributed by atoms with Crippen LogP contribution in [0.2, 0.25) is 0 Å². The van der Waals surface area contributed by atoms with E-state index in [0.29, 0.717) is 0 Å². The molecule has 42 heavy (non-hydrogen) atoms. The van der Waals surface area contributed by atoms with Crippen molar-refractivity contribution in [3.8, 4) is 23.0 Å². The third kappa shape index (κ3) is 5.10. The van der Waals surface area contributed by atoms with E-state index in [9.17, 15) is 4.79 Å². The first kappa shape index (κ1) is 27.8. The molecule has 0 unspecified atom stereocenters. The minimum absolute atomic E-state index is 0.232. The van der Waals surface area contributed by atoms with Crippen LogP contribution in [-0.4, -0.2) is 34.2 Å². The predicted octanol–water partition coefficient (Wildman–Crippen LogP) is 5.99. The molecule has 4 aromatic carbocycles. The van der Waals surface area contributed by atoms with E-state index in [1.54, 1.807) is 28.4 Å². The number of piperidine rings is 2. The van der Waals surface area contributed by atoms with Gasteiger partial charge in [0.05, 0.1) is 40.3 Å². The maximum Gasteiger partial charge on any atom is 0.146 e. The van der Waals surface area contributed by atoms with Crippen LogP contribution in [0.25, 0.3) is 0 Å². The van der Waals surface area contributed by atoms with Gasteiger partial charge < -0.3 is 29.6 Å². The molecule has 2 heterocycles. The number of benzene rings is 4. The van der Waals surface area contributed by atoms with Crippen molar-refractivity contribution in [1.29, 1.82) is 0 Å². The first-order valence-corrected chi connectivity index (χ1v) is 14.2. The summed E-state index contributed by atoms with van der Waals surface area (Å²) in [7, 11) is 6.63. The average molecular weight is 565 g/mol. The molecule has 0 aliphatic carbocycles. The molecule has 0 saturated carbocycles. The molecule has 0 spiro atoms. The highest BCUT2D eigenvalue weighted by atomic mass is 16.5. The second-order valence-corrected chi connectivity index (χ2v) is 10.8. The van der Waals surface area contributed by atoms with Gasteiger partial charge in [0.15, 0.2) is 0 Å². The van der Waals surface area contributed by atoms with Crippen molar-refractivity contribution < 1.29 is 23.7 Å². The van der Waals surface area contributed by atoms with Gasteiger partial charge in [-0.05, 0) is 70.8 Å². The molecular weight excluding hydrogens is 528 g/mol. The topological polar surface area (TPSA) is 78.1 Å². The van der Waals surface area contributed by atoms with Crippen LogP contribution >= 0.6 is 0 Å². The Morgan fingerprint density at radius 3 is 0.810 bits per heavy atom. The summed E-state index contributed by atoms with van der Waals surface area (Å²) in [5, 5.41) is 7.89. The van der Waals surface area contributed by atoms with Crippen molar-refractivity contribution in [2.75, 3.05) is 28.4 Å². The third-order valence-electron chi connectivity index (χ3n) is 8.71. The number of methoxy groups -OCH3 is 4. The van der Waals surface area contributed by atoms with E-state index in [1.165, 1.54) is 0 Å². The van der Waals surface area contributed by atoms with Crippen molar-refractivity contribution in [2.45, 2.75) is 24.2 Å². The fourth-order valence-corrected chi connectivity index (χ4v) is 6.52. The lowest BCUT2D eigenvalue weighted by atomic mass is 9.64. The molecule has 4 aromatic rings. The second-order valence-electron chi connectivity index (χ2n) is 10.8. The zero-order valence-corrected chi connectivity index (χ0v) is 24.2. The van der Waals surface area contributed by atoms with E-state index in [-0.39, 0.29) is 41.8 Å². The van der Waals surface area contributed by atoms with E-state index in [2.05, 4.69) is 59.2 Å². The highest BCUT2D eigenvalue weighted by Crippen LogP contribution is 2.52. The summed E-state index contributed by atoms with van der Waals surface area (Å²) in [6.07, 6.45) is 0. The molecule has 2 N–H and O–H groups in total. The minimum Gasteiger partial charge on any atom is -0.497 e. The van der Waals surface area contributed by atoms with Crippen LogP contribution in [0, 0.1) is 11.8 Å².